The van der Waals surface area contributed by atoms with Gasteiger partial charge < -0.3 is 5.32 Å². The van der Waals surface area contributed by atoms with Gasteiger partial charge in [-0.15, -0.1) is 0 Å². The summed E-state index contributed by atoms with van der Waals surface area (Å²) < 4.78 is 1.68. The summed E-state index contributed by atoms with van der Waals surface area (Å²) in [5.74, 6) is 0. The van der Waals surface area contributed by atoms with Crippen LogP contribution in [0.5, 0.6) is 0 Å². The van der Waals surface area contributed by atoms with Gasteiger partial charge in [0.25, 0.3) is 0 Å². The van der Waals surface area contributed by atoms with Gasteiger partial charge in [-0.1, -0.05) is 29.8 Å². The average molecular weight is 336 g/mol. The Balaban J connectivity index is 2.16. The van der Waals surface area contributed by atoms with Gasteiger partial charge in [-0.2, -0.15) is 10.2 Å². The van der Waals surface area contributed by atoms with Gasteiger partial charge in [0.05, 0.1) is 23.2 Å². The summed E-state index contributed by atoms with van der Waals surface area (Å²) in [6, 6.07) is 9.96. The molecule has 116 valence electrons. The summed E-state index contributed by atoms with van der Waals surface area (Å²) in [7, 11) is 0. The van der Waals surface area contributed by atoms with Crippen molar-refractivity contribution in [1.82, 2.24) is 20.5 Å². The fourth-order valence-corrected chi connectivity index (χ4v) is 2.46. The van der Waals surface area contributed by atoms with Crippen molar-refractivity contribution in [3.8, 4) is 5.69 Å². The number of aromatic nitrogens is 2. The number of hydrazone groups is 1. The van der Waals surface area contributed by atoms with Crippen LogP contribution in [-0.2, 0) is 0 Å². The molecule has 22 heavy (non-hydrogen) atoms. The zero-order chi connectivity index (χ0) is 16.1. The van der Waals surface area contributed by atoms with E-state index in [1.165, 1.54) is 0 Å². The number of nitrogens with one attached hydrogen (secondary N) is 2. The molecule has 0 fully saturated rings. The van der Waals surface area contributed by atoms with Gasteiger partial charge in [0.2, 0.25) is 0 Å². The van der Waals surface area contributed by atoms with Gasteiger partial charge in [-0.25, -0.2) is 4.68 Å². The normalized spacial score (nSPS) is 11.1. The standard InChI is InChI=1S/C15H18ClN5S/c1-10(2)18-15(22)19-17-9-13-11(3)20-21(14(13)16)12-7-5-4-6-8-12/h4-10H,1-3H3,(H2,18,19,22)/b17-9-. The predicted octanol–water partition coefficient (Wildman–Crippen LogP) is 3.04. The molecule has 0 aliphatic carbocycles. The van der Waals surface area contributed by atoms with Crippen LogP contribution in [0.15, 0.2) is 35.4 Å². The fourth-order valence-electron chi connectivity index (χ4n) is 1.85. The van der Waals surface area contributed by atoms with E-state index in [2.05, 4.69) is 20.9 Å². The van der Waals surface area contributed by atoms with Crippen molar-refractivity contribution in [3.63, 3.8) is 0 Å². The Hall–Kier alpha value is -1.92. The van der Waals surface area contributed by atoms with E-state index in [0.717, 1.165) is 16.9 Å². The van der Waals surface area contributed by atoms with Crippen LogP contribution in [-0.4, -0.2) is 27.1 Å². The zero-order valence-electron chi connectivity index (χ0n) is 12.7. The van der Waals surface area contributed by atoms with Crippen LogP contribution in [0.1, 0.15) is 25.1 Å². The van der Waals surface area contributed by atoms with E-state index in [1.54, 1.807) is 10.9 Å². The molecule has 7 heteroatoms. The van der Waals surface area contributed by atoms with E-state index in [-0.39, 0.29) is 6.04 Å². The molecule has 0 amide bonds. The second-order valence-electron chi connectivity index (χ2n) is 5.04. The SMILES string of the molecule is Cc1nn(-c2ccccc2)c(Cl)c1/C=N\NC(=S)NC(C)C. The minimum Gasteiger partial charge on any atom is -0.359 e. The van der Waals surface area contributed by atoms with Crippen LogP contribution in [0.4, 0.5) is 0 Å². The number of thiocarbonyl (C=S) groups is 1. The second kappa shape index (κ2) is 7.38. The first-order chi connectivity index (χ1) is 10.5. The Morgan fingerprint density at radius 2 is 2.05 bits per heavy atom. The number of nitrogens with zero attached hydrogens (tertiary/aromatic N) is 3. The maximum Gasteiger partial charge on any atom is 0.187 e. The molecule has 0 radical (unpaired) electrons. The lowest BCUT2D eigenvalue weighted by Gasteiger charge is -2.09. The van der Waals surface area contributed by atoms with Crippen molar-refractivity contribution < 1.29 is 0 Å². The minimum atomic E-state index is 0.251. The van der Waals surface area contributed by atoms with Gasteiger partial charge in [0.1, 0.15) is 5.15 Å². The van der Waals surface area contributed by atoms with Crippen LogP contribution >= 0.6 is 23.8 Å². The van der Waals surface area contributed by atoms with E-state index in [1.807, 2.05) is 51.1 Å². The molecule has 0 atom stereocenters. The molecule has 1 aromatic carbocycles. The molecule has 1 aromatic heterocycles. The molecule has 0 saturated carbocycles. The molecule has 0 spiro atoms. The summed E-state index contributed by atoms with van der Waals surface area (Å²) in [5, 5.41) is 12.6. The maximum atomic E-state index is 6.40. The van der Waals surface area contributed by atoms with Crippen LogP contribution in [0.2, 0.25) is 5.15 Å². The van der Waals surface area contributed by atoms with Gasteiger partial charge in [0, 0.05) is 6.04 Å². The van der Waals surface area contributed by atoms with Crippen molar-refractivity contribution in [2.75, 3.05) is 0 Å². The Labute approximate surface area is 140 Å². The molecule has 5 nitrogen and oxygen atoms in total. The smallest absolute Gasteiger partial charge is 0.187 e. The van der Waals surface area contributed by atoms with Crippen LogP contribution in [0.3, 0.4) is 0 Å². The van der Waals surface area contributed by atoms with Crippen molar-refractivity contribution >= 4 is 35.1 Å². The van der Waals surface area contributed by atoms with E-state index in [4.69, 9.17) is 23.8 Å². The molecule has 0 aliphatic heterocycles. The topological polar surface area (TPSA) is 54.2 Å². The third-order valence-corrected chi connectivity index (χ3v) is 3.40. The second-order valence-corrected chi connectivity index (χ2v) is 5.80. The highest BCUT2D eigenvalue weighted by molar-refractivity contribution is 7.80. The van der Waals surface area contributed by atoms with Crippen molar-refractivity contribution in [3.05, 3.63) is 46.7 Å². The van der Waals surface area contributed by atoms with E-state index >= 15 is 0 Å². The molecular weight excluding hydrogens is 318 g/mol. The van der Waals surface area contributed by atoms with Gasteiger partial charge in [0.15, 0.2) is 5.11 Å². The summed E-state index contributed by atoms with van der Waals surface area (Å²) in [5.41, 5.74) is 5.21. The molecule has 0 aliphatic rings. The van der Waals surface area contributed by atoms with Crippen molar-refractivity contribution in [1.29, 1.82) is 0 Å². The van der Waals surface area contributed by atoms with Gasteiger partial charge in [-0.05, 0) is 45.1 Å². The molecule has 0 unspecified atom stereocenters. The summed E-state index contributed by atoms with van der Waals surface area (Å²) in [6.07, 6.45) is 1.62. The number of benzene rings is 1. The fraction of sp³-hybridized carbons (Fsp3) is 0.267. The third-order valence-electron chi connectivity index (χ3n) is 2.83. The van der Waals surface area contributed by atoms with Gasteiger partial charge >= 0.3 is 0 Å². The van der Waals surface area contributed by atoms with E-state index in [0.29, 0.717) is 10.3 Å². The molecule has 0 bridgehead atoms. The lowest BCUT2D eigenvalue weighted by Crippen LogP contribution is -2.36. The first kappa shape index (κ1) is 16.5. The monoisotopic (exact) mass is 335 g/mol. The van der Waals surface area contributed by atoms with Crippen LogP contribution in [0.25, 0.3) is 5.69 Å². The van der Waals surface area contributed by atoms with Crippen LogP contribution < -0.4 is 10.7 Å². The minimum absolute atomic E-state index is 0.251. The number of aryl methyl sites for hydroxylation is 1. The van der Waals surface area contributed by atoms with E-state index < -0.39 is 0 Å². The Kier molecular flexibility index (Phi) is 5.51. The average Bonchev–Trinajstić information content (AvgIpc) is 2.75. The summed E-state index contributed by atoms with van der Waals surface area (Å²) >= 11 is 11.5. The lowest BCUT2D eigenvalue weighted by atomic mass is 10.3. The highest BCUT2D eigenvalue weighted by Crippen LogP contribution is 2.21. The maximum absolute atomic E-state index is 6.40. The summed E-state index contributed by atoms with van der Waals surface area (Å²) in [4.78, 5) is 0. The van der Waals surface area contributed by atoms with Crippen molar-refractivity contribution in [2.24, 2.45) is 5.10 Å². The summed E-state index contributed by atoms with van der Waals surface area (Å²) in [6.45, 7) is 5.89. The van der Waals surface area contributed by atoms with Crippen molar-refractivity contribution in [2.45, 2.75) is 26.8 Å². The molecule has 2 rings (SSSR count). The number of halogens is 1. The highest BCUT2D eigenvalue weighted by atomic mass is 35.5. The Morgan fingerprint density at radius 1 is 1.36 bits per heavy atom. The molecular formula is C15H18ClN5S. The first-order valence-electron chi connectivity index (χ1n) is 6.89. The first-order valence-corrected chi connectivity index (χ1v) is 7.67. The lowest BCUT2D eigenvalue weighted by molar-refractivity contribution is 0.720. The number of hydrogen-bond acceptors (Lipinski definition) is 3. The molecule has 2 aromatic rings. The predicted molar refractivity (Wildman–Crippen MR) is 94.9 cm³/mol. The number of hydrogen-bond donors (Lipinski definition) is 2. The Bertz CT molecular complexity index is 679. The van der Waals surface area contributed by atoms with Crippen LogP contribution in [0, 0.1) is 6.92 Å². The number of para-hydroxylation sites is 1. The highest BCUT2D eigenvalue weighted by Gasteiger charge is 2.12. The Morgan fingerprint density at radius 3 is 2.68 bits per heavy atom. The molecule has 2 N–H and O–H groups in total. The largest absolute Gasteiger partial charge is 0.359 e. The third kappa shape index (κ3) is 4.05. The van der Waals surface area contributed by atoms with E-state index in [9.17, 15) is 0 Å². The zero-order valence-corrected chi connectivity index (χ0v) is 14.2. The quantitative estimate of drug-likeness (QED) is 0.512. The number of rotatable bonds is 4. The molecule has 0 saturated heterocycles. The van der Waals surface area contributed by atoms with Gasteiger partial charge in [-0.3, -0.25) is 5.43 Å². The molecule has 1 heterocycles.